The number of ether oxygens (including phenoxy) is 1. The molecule has 0 N–H and O–H groups in total. The van der Waals surface area contributed by atoms with Gasteiger partial charge in [-0.2, -0.15) is 0 Å². The summed E-state index contributed by atoms with van der Waals surface area (Å²) in [5.41, 5.74) is 2.11. The summed E-state index contributed by atoms with van der Waals surface area (Å²) in [6.45, 7) is 2.01. The van der Waals surface area contributed by atoms with E-state index in [4.69, 9.17) is 4.74 Å². The Hall–Kier alpha value is -1.35. The quantitative estimate of drug-likeness (QED) is 0.707. The van der Waals surface area contributed by atoms with Crippen LogP contribution in [0.15, 0.2) is 24.3 Å². The van der Waals surface area contributed by atoms with Gasteiger partial charge in [-0.25, -0.2) is 4.79 Å². The number of methoxy groups -OCH3 is 1. The van der Waals surface area contributed by atoms with Crippen LogP contribution in [0.5, 0.6) is 0 Å². The highest BCUT2D eigenvalue weighted by atomic mass is 16.5. The van der Waals surface area contributed by atoms with Gasteiger partial charge in [0.25, 0.3) is 0 Å². The van der Waals surface area contributed by atoms with Crippen molar-refractivity contribution >= 4 is 5.97 Å². The van der Waals surface area contributed by atoms with Crippen LogP contribution < -0.4 is 0 Å². The van der Waals surface area contributed by atoms with E-state index >= 15 is 0 Å². The topological polar surface area (TPSA) is 29.5 Å². The summed E-state index contributed by atoms with van der Waals surface area (Å²) >= 11 is 0. The lowest BCUT2D eigenvalue weighted by molar-refractivity contribution is -0.146. The van der Waals surface area contributed by atoms with Crippen LogP contribution in [-0.4, -0.2) is 32.1 Å². The Balaban J connectivity index is 3.04. The van der Waals surface area contributed by atoms with E-state index in [0.717, 1.165) is 11.1 Å². The second-order valence-electron chi connectivity index (χ2n) is 3.80. The van der Waals surface area contributed by atoms with Crippen molar-refractivity contribution in [3.8, 4) is 0 Å². The molecule has 0 saturated carbocycles. The van der Waals surface area contributed by atoms with Gasteiger partial charge in [-0.05, 0) is 26.6 Å². The second-order valence-corrected chi connectivity index (χ2v) is 3.80. The minimum absolute atomic E-state index is 0.231. The molecule has 0 aliphatic rings. The zero-order valence-corrected chi connectivity index (χ0v) is 9.65. The molecule has 3 heteroatoms. The van der Waals surface area contributed by atoms with Gasteiger partial charge >= 0.3 is 5.97 Å². The Morgan fingerprint density at radius 2 is 2.07 bits per heavy atom. The zero-order valence-electron chi connectivity index (χ0n) is 9.65. The van der Waals surface area contributed by atoms with E-state index in [0.29, 0.717) is 0 Å². The normalized spacial score (nSPS) is 12.6. The number of hydrogen-bond acceptors (Lipinski definition) is 3. The van der Waals surface area contributed by atoms with Crippen LogP contribution in [0, 0.1) is 6.92 Å². The molecule has 1 aromatic carbocycles. The molecule has 0 heterocycles. The fraction of sp³-hybridized carbons (Fsp3) is 0.417. The third kappa shape index (κ3) is 2.80. The van der Waals surface area contributed by atoms with Gasteiger partial charge in [0.2, 0.25) is 0 Å². The maximum Gasteiger partial charge on any atom is 0.327 e. The molecule has 0 amide bonds. The minimum Gasteiger partial charge on any atom is -0.468 e. The SMILES string of the molecule is COC(=O)C(c1cccc(C)c1)N(C)C. The van der Waals surface area contributed by atoms with Crippen LogP contribution in [0.1, 0.15) is 17.2 Å². The molecule has 0 aliphatic heterocycles. The molecule has 0 spiro atoms. The molecule has 15 heavy (non-hydrogen) atoms. The number of benzene rings is 1. The van der Waals surface area contributed by atoms with Gasteiger partial charge in [0.05, 0.1) is 7.11 Å². The van der Waals surface area contributed by atoms with E-state index in [1.165, 1.54) is 7.11 Å². The highest BCUT2D eigenvalue weighted by Gasteiger charge is 2.23. The predicted molar refractivity (Wildman–Crippen MR) is 59.6 cm³/mol. The molecule has 1 rings (SSSR count). The second kappa shape index (κ2) is 4.94. The third-order valence-electron chi connectivity index (χ3n) is 2.30. The van der Waals surface area contributed by atoms with Crippen molar-refractivity contribution in [2.24, 2.45) is 0 Å². The van der Waals surface area contributed by atoms with Crippen LogP contribution in [0.2, 0.25) is 0 Å². The van der Waals surface area contributed by atoms with Crippen molar-refractivity contribution in [3.63, 3.8) is 0 Å². The van der Waals surface area contributed by atoms with Crippen LogP contribution in [-0.2, 0) is 9.53 Å². The summed E-state index contributed by atoms with van der Waals surface area (Å²) < 4.78 is 4.79. The molecule has 0 saturated heterocycles. The first-order valence-corrected chi connectivity index (χ1v) is 4.87. The number of rotatable bonds is 3. The molecule has 3 nitrogen and oxygen atoms in total. The van der Waals surface area contributed by atoms with Gasteiger partial charge in [0.15, 0.2) is 0 Å². The van der Waals surface area contributed by atoms with Crippen LogP contribution in [0.3, 0.4) is 0 Å². The summed E-state index contributed by atoms with van der Waals surface area (Å²) in [6.07, 6.45) is 0. The molecule has 1 aromatic rings. The van der Waals surface area contributed by atoms with Gasteiger partial charge < -0.3 is 4.74 Å². The van der Waals surface area contributed by atoms with Crippen molar-refractivity contribution in [2.75, 3.05) is 21.2 Å². The predicted octanol–water partition coefficient (Wildman–Crippen LogP) is 1.77. The Morgan fingerprint density at radius 1 is 1.40 bits per heavy atom. The lowest BCUT2D eigenvalue weighted by Crippen LogP contribution is -2.28. The molecule has 0 fully saturated rings. The highest BCUT2D eigenvalue weighted by Crippen LogP contribution is 2.20. The summed E-state index contributed by atoms with van der Waals surface area (Å²) in [5, 5.41) is 0. The maximum absolute atomic E-state index is 11.6. The van der Waals surface area contributed by atoms with E-state index in [1.807, 2.05) is 50.2 Å². The first-order valence-electron chi connectivity index (χ1n) is 4.87. The largest absolute Gasteiger partial charge is 0.468 e. The number of hydrogen-bond donors (Lipinski definition) is 0. The van der Waals surface area contributed by atoms with E-state index in [1.54, 1.807) is 0 Å². The Bertz CT molecular complexity index is 347. The molecule has 0 radical (unpaired) electrons. The Labute approximate surface area is 90.7 Å². The first-order chi connectivity index (χ1) is 7.06. The van der Waals surface area contributed by atoms with E-state index < -0.39 is 0 Å². The van der Waals surface area contributed by atoms with Crippen LogP contribution in [0.4, 0.5) is 0 Å². The maximum atomic E-state index is 11.6. The van der Waals surface area contributed by atoms with E-state index in [2.05, 4.69) is 0 Å². The fourth-order valence-electron chi connectivity index (χ4n) is 1.60. The smallest absolute Gasteiger partial charge is 0.327 e. The number of aryl methyl sites for hydroxylation is 1. The Kier molecular flexibility index (Phi) is 3.86. The third-order valence-corrected chi connectivity index (χ3v) is 2.30. The van der Waals surface area contributed by atoms with Gasteiger partial charge in [0.1, 0.15) is 6.04 Å². The van der Waals surface area contributed by atoms with Crippen molar-refractivity contribution in [1.82, 2.24) is 4.90 Å². The standard InChI is InChI=1S/C12H17NO2/c1-9-6-5-7-10(8-9)11(13(2)3)12(14)15-4/h5-8,11H,1-4H3. The van der Waals surface area contributed by atoms with E-state index in [9.17, 15) is 4.79 Å². The summed E-state index contributed by atoms with van der Waals surface area (Å²) in [6, 6.07) is 7.57. The number of carbonyl (C=O) groups excluding carboxylic acids is 1. The number of nitrogens with zero attached hydrogens (tertiary/aromatic N) is 1. The molecule has 0 aliphatic carbocycles. The molecule has 82 valence electrons. The van der Waals surface area contributed by atoms with Gasteiger partial charge in [0, 0.05) is 0 Å². The zero-order chi connectivity index (χ0) is 11.4. The summed E-state index contributed by atoms with van der Waals surface area (Å²) in [7, 11) is 5.14. The molecule has 0 aromatic heterocycles. The van der Waals surface area contributed by atoms with Crippen molar-refractivity contribution in [3.05, 3.63) is 35.4 Å². The highest BCUT2D eigenvalue weighted by molar-refractivity contribution is 5.77. The van der Waals surface area contributed by atoms with Crippen molar-refractivity contribution in [2.45, 2.75) is 13.0 Å². The van der Waals surface area contributed by atoms with Gasteiger partial charge in [-0.3, -0.25) is 4.90 Å². The molecular weight excluding hydrogens is 190 g/mol. The minimum atomic E-state index is -0.324. The average Bonchev–Trinajstić information content (AvgIpc) is 2.17. The average molecular weight is 207 g/mol. The van der Waals surface area contributed by atoms with Crippen LogP contribution >= 0.6 is 0 Å². The van der Waals surface area contributed by atoms with Crippen LogP contribution in [0.25, 0.3) is 0 Å². The van der Waals surface area contributed by atoms with E-state index in [-0.39, 0.29) is 12.0 Å². The molecular formula is C12H17NO2. The molecule has 1 unspecified atom stereocenters. The lowest BCUT2D eigenvalue weighted by Gasteiger charge is -2.22. The number of carbonyl (C=O) groups is 1. The van der Waals surface area contributed by atoms with Crippen molar-refractivity contribution in [1.29, 1.82) is 0 Å². The summed E-state index contributed by atoms with van der Waals surface area (Å²) in [5.74, 6) is -0.231. The fourth-order valence-corrected chi connectivity index (χ4v) is 1.60. The molecule has 1 atom stereocenters. The number of likely N-dealkylation sites (N-methyl/N-ethyl adjacent to an activating group) is 1. The summed E-state index contributed by atoms with van der Waals surface area (Å²) in [4.78, 5) is 13.4. The van der Waals surface area contributed by atoms with Gasteiger partial charge in [-0.15, -0.1) is 0 Å². The first kappa shape index (κ1) is 11.7. The van der Waals surface area contributed by atoms with Gasteiger partial charge in [-0.1, -0.05) is 29.8 Å². The monoisotopic (exact) mass is 207 g/mol. The number of esters is 1. The van der Waals surface area contributed by atoms with Crippen molar-refractivity contribution < 1.29 is 9.53 Å². The lowest BCUT2D eigenvalue weighted by atomic mass is 10.0. The molecule has 0 bridgehead atoms. The Morgan fingerprint density at radius 3 is 2.53 bits per heavy atom.